The van der Waals surface area contributed by atoms with Gasteiger partial charge >= 0.3 is 0 Å². The van der Waals surface area contributed by atoms with Gasteiger partial charge in [0, 0.05) is 36.9 Å². The van der Waals surface area contributed by atoms with E-state index in [-0.39, 0.29) is 23.6 Å². The summed E-state index contributed by atoms with van der Waals surface area (Å²) in [5.41, 5.74) is 4.56. The van der Waals surface area contributed by atoms with Gasteiger partial charge in [-0.05, 0) is 61.4 Å². The number of carbonyl (C=O) groups excluding carboxylic acids is 2. The van der Waals surface area contributed by atoms with Crippen LogP contribution < -0.4 is 15.0 Å². The Labute approximate surface area is 199 Å². The quantitative estimate of drug-likeness (QED) is 0.583. The van der Waals surface area contributed by atoms with E-state index in [1.807, 2.05) is 53.4 Å². The Morgan fingerprint density at radius 3 is 2.50 bits per heavy atom. The predicted octanol–water partition coefficient (Wildman–Crippen LogP) is 4.72. The first-order valence-electron chi connectivity index (χ1n) is 11.5. The van der Waals surface area contributed by atoms with Crippen molar-refractivity contribution in [3.8, 4) is 5.75 Å². The monoisotopic (exact) mass is 453 g/mol. The number of carbonyl (C=O) groups is 2. The molecule has 2 aliphatic rings. The van der Waals surface area contributed by atoms with Crippen molar-refractivity contribution in [3.63, 3.8) is 0 Å². The minimum atomic E-state index is -0.292. The summed E-state index contributed by atoms with van der Waals surface area (Å²) in [4.78, 5) is 29.9. The zero-order chi connectivity index (χ0) is 23.7. The van der Waals surface area contributed by atoms with Crippen molar-refractivity contribution in [3.05, 3.63) is 95.2 Å². The summed E-state index contributed by atoms with van der Waals surface area (Å²) < 4.78 is 5.76. The van der Waals surface area contributed by atoms with Crippen molar-refractivity contribution in [2.75, 3.05) is 29.9 Å². The van der Waals surface area contributed by atoms with Crippen LogP contribution >= 0.6 is 0 Å². The van der Waals surface area contributed by atoms with E-state index in [1.54, 1.807) is 12.1 Å². The number of hydrogen-bond donors (Lipinski definition) is 1. The van der Waals surface area contributed by atoms with Gasteiger partial charge in [0.15, 0.2) is 11.5 Å². The molecule has 2 heterocycles. The largest absolute Gasteiger partial charge is 0.449 e. The van der Waals surface area contributed by atoms with E-state index in [2.05, 4.69) is 42.3 Å². The van der Waals surface area contributed by atoms with E-state index in [9.17, 15) is 9.59 Å². The molecule has 1 fully saturated rings. The summed E-state index contributed by atoms with van der Waals surface area (Å²) in [6.07, 6.45) is 1.68. The summed E-state index contributed by atoms with van der Waals surface area (Å²) in [6.45, 7) is 6.49. The second kappa shape index (κ2) is 9.06. The molecule has 34 heavy (non-hydrogen) atoms. The van der Waals surface area contributed by atoms with Gasteiger partial charge in [-0.25, -0.2) is 0 Å². The van der Waals surface area contributed by atoms with Gasteiger partial charge in [-0.3, -0.25) is 9.59 Å². The maximum atomic E-state index is 13.2. The van der Waals surface area contributed by atoms with E-state index < -0.39 is 0 Å². The van der Waals surface area contributed by atoms with E-state index >= 15 is 0 Å². The first kappa shape index (κ1) is 21.8. The number of hydrogen-bond acceptors (Lipinski definition) is 4. The van der Waals surface area contributed by atoms with Crippen LogP contribution in [0.2, 0.25) is 0 Å². The van der Waals surface area contributed by atoms with E-state index in [0.717, 1.165) is 18.7 Å². The molecule has 0 aliphatic carbocycles. The zero-order valence-electron chi connectivity index (χ0n) is 19.3. The average molecular weight is 454 g/mol. The molecular formula is C28H27N3O3. The molecule has 6 heteroatoms. The third-order valence-electron chi connectivity index (χ3n) is 6.38. The lowest BCUT2D eigenvalue weighted by molar-refractivity contribution is -0.115. The van der Waals surface area contributed by atoms with Crippen LogP contribution in [0.25, 0.3) is 6.08 Å². The van der Waals surface area contributed by atoms with Crippen molar-refractivity contribution in [1.29, 1.82) is 0 Å². The normalized spacial score (nSPS) is 18.8. The van der Waals surface area contributed by atoms with Gasteiger partial charge in [-0.2, -0.15) is 0 Å². The number of amides is 2. The topological polar surface area (TPSA) is 61.9 Å². The number of nitrogens with one attached hydrogen (secondary N) is 1. The first-order chi connectivity index (χ1) is 16.5. The second-order valence-corrected chi connectivity index (χ2v) is 8.76. The van der Waals surface area contributed by atoms with Gasteiger partial charge < -0.3 is 19.9 Å². The van der Waals surface area contributed by atoms with Gasteiger partial charge in [0.2, 0.25) is 0 Å². The molecule has 6 nitrogen and oxygen atoms in total. The Kier molecular flexibility index (Phi) is 5.80. The fraction of sp³-hybridized carbons (Fsp3) is 0.214. The minimum absolute atomic E-state index is 0.0247. The molecule has 1 atom stereocenters. The van der Waals surface area contributed by atoms with Crippen LogP contribution in [0.4, 0.5) is 11.4 Å². The van der Waals surface area contributed by atoms with Crippen LogP contribution in [0.3, 0.4) is 0 Å². The molecule has 2 aliphatic heterocycles. The fourth-order valence-electron chi connectivity index (χ4n) is 4.54. The number of para-hydroxylation sites is 3. The molecule has 1 saturated heterocycles. The smallest absolute Gasteiger partial charge is 0.291 e. The lowest BCUT2D eigenvalue weighted by atomic mass is 10.1. The van der Waals surface area contributed by atoms with Crippen LogP contribution in [0.15, 0.2) is 78.6 Å². The highest BCUT2D eigenvalue weighted by molar-refractivity contribution is 6.08. The van der Waals surface area contributed by atoms with Crippen LogP contribution in [0.1, 0.15) is 28.4 Å². The van der Waals surface area contributed by atoms with E-state index in [1.165, 1.54) is 11.3 Å². The van der Waals surface area contributed by atoms with Crippen molar-refractivity contribution in [2.45, 2.75) is 19.9 Å². The molecule has 1 N–H and O–H groups in total. The van der Waals surface area contributed by atoms with Gasteiger partial charge in [0.05, 0.1) is 5.69 Å². The zero-order valence-corrected chi connectivity index (χ0v) is 19.3. The number of fused-ring (bicyclic) bond motifs is 1. The van der Waals surface area contributed by atoms with Crippen LogP contribution in [-0.4, -0.2) is 42.4 Å². The maximum absolute atomic E-state index is 13.2. The molecule has 0 saturated carbocycles. The molecule has 0 spiro atoms. The first-order valence-corrected chi connectivity index (χ1v) is 11.5. The van der Waals surface area contributed by atoms with Gasteiger partial charge in [-0.15, -0.1) is 0 Å². The van der Waals surface area contributed by atoms with Crippen LogP contribution in [0, 0.1) is 6.92 Å². The molecule has 0 radical (unpaired) electrons. The SMILES string of the molecule is Cc1ccccc1N1CCN(C(=O)c2ccc(/C=C3\Oc4ccccc4NC3=O)cc2)[C@@H](C)C1. The minimum Gasteiger partial charge on any atom is -0.449 e. The number of piperazine rings is 1. The summed E-state index contributed by atoms with van der Waals surface area (Å²) in [7, 11) is 0. The van der Waals surface area contributed by atoms with Crippen molar-refractivity contribution in [1.82, 2.24) is 4.90 Å². The molecule has 0 unspecified atom stereocenters. The third-order valence-corrected chi connectivity index (χ3v) is 6.38. The van der Waals surface area contributed by atoms with Gasteiger partial charge in [-0.1, -0.05) is 42.5 Å². The Balaban J connectivity index is 1.27. The molecule has 3 aromatic rings. The van der Waals surface area contributed by atoms with Crippen molar-refractivity contribution < 1.29 is 14.3 Å². The van der Waals surface area contributed by atoms with Crippen molar-refractivity contribution in [2.24, 2.45) is 0 Å². The standard InChI is InChI=1S/C28H27N3O3/c1-19-7-3-5-9-24(19)30-15-16-31(20(2)18-30)28(33)22-13-11-21(12-14-22)17-26-27(32)29-23-8-4-6-10-25(23)34-26/h3-14,17,20H,15-16,18H2,1-2H3,(H,29,32)/b26-17-/t20-/m0/s1. The second-order valence-electron chi connectivity index (χ2n) is 8.76. The molecule has 0 bridgehead atoms. The lowest BCUT2D eigenvalue weighted by Crippen LogP contribution is -2.54. The molecule has 0 aromatic heterocycles. The Morgan fingerprint density at radius 1 is 1.00 bits per heavy atom. The van der Waals surface area contributed by atoms with Crippen molar-refractivity contribution >= 4 is 29.3 Å². The summed E-state index contributed by atoms with van der Waals surface area (Å²) in [5, 5.41) is 2.83. The molecule has 172 valence electrons. The summed E-state index contributed by atoms with van der Waals surface area (Å²) in [5.74, 6) is 0.564. The Hall–Kier alpha value is -4.06. The van der Waals surface area contributed by atoms with Crippen LogP contribution in [0.5, 0.6) is 5.75 Å². The number of rotatable bonds is 3. The van der Waals surface area contributed by atoms with Gasteiger partial charge in [0.25, 0.3) is 11.8 Å². The summed E-state index contributed by atoms with van der Waals surface area (Å²) in [6, 6.07) is 23.1. The number of anilines is 2. The Morgan fingerprint density at radius 2 is 1.74 bits per heavy atom. The lowest BCUT2D eigenvalue weighted by Gasteiger charge is -2.41. The molecule has 2 amide bonds. The average Bonchev–Trinajstić information content (AvgIpc) is 2.85. The highest BCUT2D eigenvalue weighted by Crippen LogP contribution is 2.31. The van der Waals surface area contributed by atoms with E-state index in [0.29, 0.717) is 23.5 Å². The van der Waals surface area contributed by atoms with Crippen LogP contribution in [-0.2, 0) is 4.79 Å². The predicted molar refractivity (Wildman–Crippen MR) is 134 cm³/mol. The fourth-order valence-corrected chi connectivity index (χ4v) is 4.54. The highest BCUT2D eigenvalue weighted by Gasteiger charge is 2.29. The molecule has 3 aromatic carbocycles. The maximum Gasteiger partial charge on any atom is 0.291 e. The highest BCUT2D eigenvalue weighted by atomic mass is 16.5. The Bertz CT molecular complexity index is 1270. The number of aryl methyl sites for hydroxylation is 1. The summed E-state index contributed by atoms with van der Waals surface area (Å²) >= 11 is 0. The number of nitrogens with zero attached hydrogens (tertiary/aromatic N) is 2. The number of benzene rings is 3. The third kappa shape index (κ3) is 4.27. The van der Waals surface area contributed by atoms with E-state index in [4.69, 9.17) is 4.74 Å². The molecular weight excluding hydrogens is 426 g/mol. The van der Waals surface area contributed by atoms with Gasteiger partial charge in [0.1, 0.15) is 0 Å². The molecule has 5 rings (SSSR count). The number of ether oxygens (including phenoxy) is 1.